The first-order valence-corrected chi connectivity index (χ1v) is 5.21. The standard InChI is InChI=1S/C11H13N3O/c1-2-4-10-9(3-1)13-11(14-10)12-8-5-6-15-7-8/h1-4,8H,5-7H2,(H2,12,13,14). The van der Waals surface area contributed by atoms with Gasteiger partial charge >= 0.3 is 0 Å². The third-order valence-corrected chi connectivity index (χ3v) is 2.66. The van der Waals surface area contributed by atoms with E-state index >= 15 is 0 Å². The fourth-order valence-corrected chi connectivity index (χ4v) is 1.86. The number of H-pyrrole nitrogens is 1. The van der Waals surface area contributed by atoms with Gasteiger partial charge in [-0.1, -0.05) is 12.1 Å². The molecule has 3 rings (SSSR count). The number of nitrogens with one attached hydrogen (secondary N) is 2. The third kappa shape index (κ3) is 1.68. The first kappa shape index (κ1) is 8.73. The second-order valence-corrected chi connectivity index (χ2v) is 3.81. The monoisotopic (exact) mass is 203 g/mol. The van der Waals surface area contributed by atoms with Crippen LogP contribution in [0.3, 0.4) is 0 Å². The molecule has 2 N–H and O–H groups in total. The molecule has 78 valence electrons. The normalized spacial score (nSPS) is 20.9. The Kier molecular flexibility index (Phi) is 2.07. The molecule has 15 heavy (non-hydrogen) atoms. The molecule has 4 heteroatoms. The summed E-state index contributed by atoms with van der Waals surface area (Å²) in [6.07, 6.45) is 1.05. The van der Waals surface area contributed by atoms with Gasteiger partial charge in [0, 0.05) is 6.61 Å². The number of aromatic amines is 1. The van der Waals surface area contributed by atoms with Gasteiger partial charge in [0.2, 0.25) is 5.95 Å². The van der Waals surface area contributed by atoms with Crippen molar-refractivity contribution in [2.45, 2.75) is 12.5 Å². The third-order valence-electron chi connectivity index (χ3n) is 2.66. The maximum absolute atomic E-state index is 5.30. The van der Waals surface area contributed by atoms with Gasteiger partial charge in [0.25, 0.3) is 0 Å². The van der Waals surface area contributed by atoms with Crippen molar-refractivity contribution < 1.29 is 4.74 Å². The fraction of sp³-hybridized carbons (Fsp3) is 0.364. The minimum absolute atomic E-state index is 0.394. The van der Waals surface area contributed by atoms with Crippen LogP contribution < -0.4 is 5.32 Å². The van der Waals surface area contributed by atoms with Gasteiger partial charge in [0.1, 0.15) is 0 Å². The molecule has 0 amide bonds. The zero-order valence-electron chi connectivity index (χ0n) is 8.36. The molecule has 0 aliphatic carbocycles. The average Bonchev–Trinajstić information content (AvgIpc) is 2.86. The number of imidazole rings is 1. The van der Waals surface area contributed by atoms with E-state index in [-0.39, 0.29) is 0 Å². The Bertz CT molecular complexity index is 427. The van der Waals surface area contributed by atoms with E-state index < -0.39 is 0 Å². The molecular formula is C11H13N3O. The molecule has 1 unspecified atom stereocenters. The van der Waals surface area contributed by atoms with Gasteiger partial charge in [-0.05, 0) is 18.6 Å². The quantitative estimate of drug-likeness (QED) is 0.782. The lowest BCUT2D eigenvalue weighted by molar-refractivity contribution is 0.195. The van der Waals surface area contributed by atoms with E-state index in [4.69, 9.17) is 4.74 Å². The molecule has 0 bridgehead atoms. The number of ether oxygens (including phenoxy) is 1. The number of hydrogen-bond donors (Lipinski definition) is 2. The highest BCUT2D eigenvalue weighted by molar-refractivity contribution is 5.77. The Morgan fingerprint density at radius 3 is 3.13 bits per heavy atom. The van der Waals surface area contributed by atoms with Crippen LogP contribution in [-0.4, -0.2) is 29.2 Å². The lowest BCUT2D eigenvalue weighted by atomic mass is 10.3. The molecule has 4 nitrogen and oxygen atoms in total. The van der Waals surface area contributed by atoms with Gasteiger partial charge in [-0.2, -0.15) is 0 Å². The van der Waals surface area contributed by atoms with E-state index in [0.717, 1.165) is 36.6 Å². The van der Waals surface area contributed by atoms with Gasteiger partial charge in [-0.3, -0.25) is 0 Å². The van der Waals surface area contributed by atoms with Crippen LogP contribution in [0.5, 0.6) is 0 Å². The summed E-state index contributed by atoms with van der Waals surface area (Å²) in [5.41, 5.74) is 2.07. The lowest BCUT2D eigenvalue weighted by Gasteiger charge is -2.07. The fourth-order valence-electron chi connectivity index (χ4n) is 1.86. The van der Waals surface area contributed by atoms with Crippen molar-refractivity contribution in [3.8, 4) is 0 Å². The number of aromatic nitrogens is 2. The van der Waals surface area contributed by atoms with E-state index in [0.29, 0.717) is 6.04 Å². The summed E-state index contributed by atoms with van der Waals surface area (Å²) in [6.45, 7) is 1.62. The van der Waals surface area contributed by atoms with Crippen molar-refractivity contribution in [3.63, 3.8) is 0 Å². The number of para-hydroxylation sites is 2. The van der Waals surface area contributed by atoms with E-state index in [2.05, 4.69) is 15.3 Å². The number of nitrogens with zero attached hydrogens (tertiary/aromatic N) is 1. The van der Waals surface area contributed by atoms with Crippen LogP contribution in [0.2, 0.25) is 0 Å². The summed E-state index contributed by atoms with van der Waals surface area (Å²) in [4.78, 5) is 7.70. The number of hydrogen-bond acceptors (Lipinski definition) is 3. The van der Waals surface area contributed by atoms with E-state index in [9.17, 15) is 0 Å². The van der Waals surface area contributed by atoms with Crippen molar-refractivity contribution in [1.82, 2.24) is 9.97 Å². The molecule has 1 aliphatic rings. The molecule has 1 aromatic carbocycles. The van der Waals surface area contributed by atoms with Crippen LogP contribution in [0, 0.1) is 0 Å². The van der Waals surface area contributed by atoms with Crippen LogP contribution in [0.25, 0.3) is 11.0 Å². The van der Waals surface area contributed by atoms with E-state index in [1.54, 1.807) is 0 Å². The number of fused-ring (bicyclic) bond motifs is 1. The van der Waals surface area contributed by atoms with Gasteiger partial charge in [0.05, 0.1) is 23.7 Å². The van der Waals surface area contributed by atoms with Crippen LogP contribution in [-0.2, 0) is 4.74 Å². The highest BCUT2D eigenvalue weighted by Gasteiger charge is 2.16. The maximum Gasteiger partial charge on any atom is 0.201 e. The van der Waals surface area contributed by atoms with Crippen molar-refractivity contribution in [1.29, 1.82) is 0 Å². The Morgan fingerprint density at radius 2 is 2.33 bits per heavy atom. The summed E-state index contributed by atoms with van der Waals surface area (Å²) in [5, 5.41) is 3.34. The second-order valence-electron chi connectivity index (χ2n) is 3.81. The van der Waals surface area contributed by atoms with Gasteiger partial charge in [-0.25, -0.2) is 4.98 Å². The first-order valence-electron chi connectivity index (χ1n) is 5.21. The number of benzene rings is 1. The summed E-state index contributed by atoms with van der Waals surface area (Å²) in [7, 11) is 0. The molecule has 1 aromatic heterocycles. The average molecular weight is 203 g/mol. The molecule has 1 aliphatic heterocycles. The van der Waals surface area contributed by atoms with E-state index in [1.165, 1.54) is 0 Å². The molecule has 0 saturated carbocycles. The molecule has 1 atom stereocenters. The zero-order valence-corrected chi connectivity index (χ0v) is 8.36. The topological polar surface area (TPSA) is 49.9 Å². The van der Waals surface area contributed by atoms with Crippen LogP contribution >= 0.6 is 0 Å². The van der Waals surface area contributed by atoms with Gasteiger partial charge in [-0.15, -0.1) is 0 Å². The minimum atomic E-state index is 0.394. The second kappa shape index (κ2) is 3.55. The molecule has 1 fully saturated rings. The van der Waals surface area contributed by atoms with Crippen LogP contribution in [0.1, 0.15) is 6.42 Å². The predicted octanol–water partition coefficient (Wildman–Crippen LogP) is 1.76. The Hall–Kier alpha value is -1.55. The van der Waals surface area contributed by atoms with Crippen molar-refractivity contribution in [2.75, 3.05) is 18.5 Å². The van der Waals surface area contributed by atoms with Crippen molar-refractivity contribution in [3.05, 3.63) is 24.3 Å². The summed E-state index contributed by atoms with van der Waals surface area (Å²) >= 11 is 0. The molecule has 0 radical (unpaired) electrons. The first-order chi connectivity index (χ1) is 7.42. The maximum atomic E-state index is 5.30. The van der Waals surface area contributed by atoms with Crippen molar-refractivity contribution >= 4 is 17.0 Å². The minimum Gasteiger partial charge on any atom is -0.379 e. The van der Waals surface area contributed by atoms with Crippen molar-refractivity contribution in [2.24, 2.45) is 0 Å². The molecule has 0 spiro atoms. The zero-order chi connectivity index (χ0) is 10.1. The van der Waals surface area contributed by atoms with Crippen LogP contribution in [0.4, 0.5) is 5.95 Å². The Labute approximate surface area is 87.7 Å². The number of anilines is 1. The Balaban J connectivity index is 1.84. The highest BCUT2D eigenvalue weighted by Crippen LogP contribution is 2.16. The summed E-state index contributed by atoms with van der Waals surface area (Å²) in [6, 6.07) is 8.42. The Morgan fingerprint density at radius 1 is 1.40 bits per heavy atom. The molecular weight excluding hydrogens is 190 g/mol. The lowest BCUT2D eigenvalue weighted by Crippen LogP contribution is -2.19. The molecule has 2 heterocycles. The summed E-state index contributed by atoms with van der Waals surface area (Å²) < 4.78 is 5.30. The summed E-state index contributed by atoms with van der Waals surface area (Å²) in [5.74, 6) is 0.840. The highest BCUT2D eigenvalue weighted by atomic mass is 16.5. The van der Waals surface area contributed by atoms with Gasteiger partial charge < -0.3 is 15.0 Å². The predicted molar refractivity (Wildman–Crippen MR) is 58.9 cm³/mol. The SMILES string of the molecule is c1ccc2[nH]c(NC3CCOC3)nc2c1. The smallest absolute Gasteiger partial charge is 0.201 e. The van der Waals surface area contributed by atoms with Crippen LogP contribution in [0.15, 0.2) is 24.3 Å². The van der Waals surface area contributed by atoms with Gasteiger partial charge in [0.15, 0.2) is 0 Å². The van der Waals surface area contributed by atoms with E-state index in [1.807, 2.05) is 24.3 Å². The number of rotatable bonds is 2. The largest absolute Gasteiger partial charge is 0.379 e. The molecule has 1 saturated heterocycles. The molecule has 2 aromatic rings.